The molecular formula is C12H21NO3. The highest BCUT2D eigenvalue weighted by atomic mass is 16.6. The molecule has 16 heavy (non-hydrogen) atoms. The molecule has 4 heteroatoms. The Hall–Kier alpha value is -1.06. The maximum absolute atomic E-state index is 12.1. The van der Waals surface area contributed by atoms with E-state index >= 15 is 0 Å². The Morgan fingerprint density at radius 2 is 2.25 bits per heavy atom. The Labute approximate surface area is 101 Å². The van der Waals surface area contributed by atoms with Crippen molar-refractivity contribution in [2.45, 2.75) is 52.1 Å². The van der Waals surface area contributed by atoms with Crippen molar-refractivity contribution in [2.24, 2.45) is 5.92 Å². The molecular weight excluding hydrogens is 206 g/mol. The van der Waals surface area contributed by atoms with Gasteiger partial charge >= 0.3 is 6.09 Å². The molecule has 0 aromatic rings. The lowest BCUT2D eigenvalue weighted by Crippen LogP contribution is -2.49. The highest BCUT2D eigenvalue weighted by Gasteiger charge is 2.32. The molecule has 4 nitrogen and oxygen atoms in total. The number of likely N-dealkylation sites (tertiary alicyclic amines) is 1. The highest BCUT2D eigenvalue weighted by Crippen LogP contribution is 2.22. The zero-order valence-electron chi connectivity index (χ0n) is 13.2. The summed E-state index contributed by atoms with van der Waals surface area (Å²) in [6.45, 7) is 6.95. The predicted molar refractivity (Wildman–Crippen MR) is 61.2 cm³/mol. The summed E-state index contributed by atoms with van der Waals surface area (Å²) in [4.78, 5) is 24.2. The van der Waals surface area contributed by atoms with Gasteiger partial charge in [0.05, 0.1) is 7.39 Å². The quantitative estimate of drug-likeness (QED) is 0.649. The average Bonchev–Trinajstić information content (AvgIpc) is 2.19. The minimum absolute atomic E-state index is 0.0640. The maximum Gasteiger partial charge on any atom is 0.410 e. The Balaban J connectivity index is 3.08. The van der Waals surface area contributed by atoms with Gasteiger partial charge in [0.2, 0.25) is 0 Å². The monoisotopic (exact) mass is 230 g/mol. The zero-order valence-corrected chi connectivity index (χ0v) is 10.2. The van der Waals surface area contributed by atoms with E-state index in [0.29, 0.717) is 0 Å². The second-order valence-corrected chi connectivity index (χ2v) is 5.08. The van der Waals surface area contributed by atoms with Gasteiger partial charge in [-0.3, -0.25) is 4.90 Å². The normalized spacial score (nSPS) is 36.9. The number of aldehydes is 1. The van der Waals surface area contributed by atoms with Gasteiger partial charge in [-0.15, -0.1) is 0 Å². The summed E-state index contributed by atoms with van der Waals surface area (Å²) < 4.78 is 28.9. The summed E-state index contributed by atoms with van der Waals surface area (Å²) in [5.74, 6) is -0.138. The first-order chi connectivity index (χ1) is 8.43. The number of carbonyl (C=O) groups excluding carboxylic acids is 2. The molecule has 1 aliphatic heterocycles. The van der Waals surface area contributed by atoms with Crippen LogP contribution in [0.4, 0.5) is 4.79 Å². The average molecular weight is 230 g/mol. The van der Waals surface area contributed by atoms with Crippen molar-refractivity contribution in [3.8, 4) is 0 Å². The van der Waals surface area contributed by atoms with Crippen LogP contribution >= 0.6 is 0 Å². The lowest BCUT2D eigenvalue weighted by atomic mass is 9.95. The SMILES string of the molecule is [2H]C1([2H])C[C@H](C)CN(C(=O)OC(C)(C)C)[C@]1([2H])C=O. The van der Waals surface area contributed by atoms with Crippen LogP contribution in [0.25, 0.3) is 0 Å². The van der Waals surface area contributed by atoms with Crippen molar-refractivity contribution < 1.29 is 18.4 Å². The first-order valence-electron chi connectivity index (χ1n) is 6.90. The second kappa shape index (κ2) is 4.85. The third-order valence-corrected chi connectivity index (χ3v) is 2.14. The van der Waals surface area contributed by atoms with Gasteiger partial charge in [-0.05, 0) is 39.5 Å². The second-order valence-electron chi connectivity index (χ2n) is 5.08. The van der Waals surface area contributed by atoms with Crippen LogP contribution in [0.5, 0.6) is 0 Å². The number of ether oxygens (including phenoxy) is 1. The van der Waals surface area contributed by atoms with E-state index in [4.69, 9.17) is 8.85 Å². The molecule has 1 fully saturated rings. The lowest BCUT2D eigenvalue weighted by molar-refractivity contribution is -0.114. The van der Waals surface area contributed by atoms with E-state index in [2.05, 4.69) is 0 Å². The van der Waals surface area contributed by atoms with Gasteiger partial charge in [-0.25, -0.2) is 4.79 Å². The number of hydrogen-bond acceptors (Lipinski definition) is 3. The zero-order chi connectivity index (χ0) is 15.1. The van der Waals surface area contributed by atoms with E-state index in [9.17, 15) is 9.59 Å². The number of rotatable bonds is 1. The minimum atomic E-state index is -2.23. The van der Waals surface area contributed by atoms with Crippen LogP contribution in [0.3, 0.4) is 0 Å². The van der Waals surface area contributed by atoms with Gasteiger partial charge in [-0.2, -0.15) is 0 Å². The molecule has 0 saturated carbocycles. The van der Waals surface area contributed by atoms with Gasteiger partial charge in [0.15, 0.2) is 0 Å². The smallest absolute Gasteiger partial charge is 0.410 e. The molecule has 1 amide bonds. The first-order valence-corrected chi connectivity index (χ1v) is 5.40. The summed E-state index contributed by atoms with van der Waals surface area (Å²) in [7, 11) is 0. The molecule has 0 bridgehead atoms. The van der Waals surface area contributed by atoms with Crippen LogP contribution in [-0.4, -0.2) is 35.4 Å². The summed E-state index contributed by atoms with van der Waals surface area (Å²) >= 11 is 0. The fourth-order valence-corrected chi connectivity index (χ4v) is 1.44. The van der Waals surface area contributed by atoms with Crippen LogP contribution < -0.4 is 0 Å². The van der Waals surface area contributed by atoms with E-state index in [-0.39, 0.29) is 25.2 Å². The number of piperidine rings is 1. The number of carbonyl (C=O) groups is 2. The number of amides is 1. The Bertz CT molecular complexity index is 381. The molecule has 0 aromatic carbocycles. The lowest BCUT2D eigenvalue weighted by Gasteiger charge is -2.36. The summed E-state index contributed by atoms with van der Waals surface area (Å²) in [6.07, 6.45) is -2.68. The van der Waals surface area contributed by atoms with E-state index < -0.39 is 24.1 Å². The molecule has 1 heterocycles. The highest BCUT2D eigenvalue weighted by molar-refractivity contribution is 5.74. The molecule has 0 aromatic heterocycles. The molecule has 1 aliphatic rings. The number of hydrogen-bond donors (Lipinski definition) is 0. The third-order valence-electron chi connectivity index (χ3n) is 2.14. The van der Waals surface area contributed by atoms with Gasteiger partial charge in [0.25, 0.3) is 0 Å². The predicted octanol–water partition coefficient (Wildman–Crippen LogP) is 2.22. The van der Waals surface area contributed by atoms with Crippen molar-refractivity contribution in [3.63, 3.8) is 0 Å². The van der Waals surface area contributed by atoms with Crippen molar-refractivity contribution in [3.05, 3.63) is 0 Å². The van der Waals surface area contributed by atoms with Crippen molar-refractivity contribution in [1.29, 1.82) is 0 Å². The van der Waals surface area contributed by atoms with E-state index in [1.54, 1.807) is 27.7 Å². The molecule has 0 spiro atoms. The van der Waals surface area contributed by atoms with Gasteiger partial charge < -0.3 is 9.53 Å². The summed E-state index contributed by atoms with van der Waals surface area (Å²) in [6, 6.07) is -2.23. The summed E-state index contributed by atoms with van der Waals surface area (Å²) in [5, 5.41) is 0. The summed E-state index contributed by atoms with van der Waals surface area (Å²) in [5.41, 5.74) is -0.756. The van der Waals surface area contributed by atoms with Crippen LogP contribution in [0.2, 0.25) is 0 Å². The van der Waals surface area contributed by atoms with E-state index in [1.807, 2.05) is 0 Å². The topological polar surface area (TPSA) is 46.6 Å². The minimum Gasteiger partial charge on any atom is -0.444 e. The molecule has 0 aliphatic carbocycles. The fraction of sp³-hybridized carbons (Fsp3) is 0.833. The first kappa shape index (κ1) is 9.02. The van der Waals surface area contributed by atoms with Gasteiger partial charge in [-0.1, -0.05) is 6.92 Å². The third kappa shape index (κ3) is 3.51. The van der Waals surface area contributed by atoms with Crippen molar-refractivity contribution in [1.82, 2.24) is 4.90 Å². The van der Waals surface area contributed by atoms with Crippen LogP contribution in [0.1, 0.15) is 44.6 Å². The molecule has 2 atom stereocenters. The maximum atomic E-state index is 12.1. The fourth-order valence-electron chi connectivity index (χ4n) is 1.44. The van der Waals surface area contributed by atoms with Gasteiger partial charge in [0, 0.05) is 9.29 Å². The van der Waals surface area contributed by atoms with Gasteiger partial charge in [0.1, 0.15) is 11.9 Å². The molecule has 0 unspecified atom stereocenters. The van der Waals surface area contributed by atoms with E-state index in [1.165, 1.54) is 0 Å². The van der Waals surface area contributed by atoms with Crippen LogP contribution in [-0.2, 0) is 9.53 Å². The standard InChI is InChI=1S/C12H21NO3/c1-9-5-6-10(8-14)13(7-9)11(15)16-12(2,3)4/h8-10H,5-7H2,1-4H3/t9-,10-/m0/s1/i6D2,10D. The molecule has 0 radical (unpaired) electrons. The van der Waals surface area contributed by atoms with Crippen LogP contribution in [0, 0.1) is 5.92 Å². The Kier molecular flexibility index (Phi) is 2.73. The Morgan fingerprint density at radius 3 is 2.75 bits per heavy atom. The largest absolute Gasteiger partial charge is 0.444 e. The molecule has 1 rings (SSSR count). The van der Waals surface area contributed by atoms with Crippen LogP contribution in [0.15, 0.2) is 0 Å². The van der Waals surface area contributed by atoms with E-state index in [0.717, 1.165) is 4.90 Å². The van der Waals surface area contributed by atoms with Crippen molar-refractivity contribution >= 4 is 12.4 Å². The molecule has 0 N–H and O–H groups in total. The Morgan fingerprint density at radius 1 is 1.62 bits per heavy atom. The van der Waals surface area contributed by atoms with Crippen molar-refractivity contribution in [2.75, 3.05) is 6.54 Å². The molecule has 92 valence electrons. The molecule has 1 saturated heterocycles. The number of nitrogens with zero attached hydrogens (tertiary/aromatic N) is 1.